The van der Waals surface area contributed by atoms with Crippen LogP contribution < -0.4 is 4.90 Å². The van der Waals surface area contributed by atoms with Crippen molar-refractivity contribution in [3.8, 4) is 0 Å². The number of carbonyl (C=O) groups is 4. The third-order valence-corrected chi connectivity index (χ3v) is 8.22. The van der Waals surface area contributed by atoms with Crippen molar-refractivity contribution in [2.45, 2.75) is 57.5 Å². The third-order valence-electron chi connectivity index (χ3n) is 8.22. The molecule has 230 valence electrons. The van der Waals surface area contributed by atoms with Crippen molar-refractivity contribution in [1.29, 1.82) is 0 Å². The summed E-state index contributed by atoms with van der Waals surface area (Å²) in [6.45, 7) is 5.05. The van der Waals surface area contributed by atoms with Gasteiger partial charge >= 0.3 is 18.1 Å². The zero-order valence-electron chi connectivity index (χ0n) is 25.5. The highest BCUT2D eigenvalue weighted by molar-refractivity contribution is 6.24. The minimum absolute atomic E-state index is 0.0209. The second-order valence-electron chi connectivity index (χ2n) is 12.4. The second kappa shape index (κ2) is 11.7. The van der Waals surface area contributed by atoms with E-state index in [1.807, 2.05) is 72.8 Å². The number of benzene rings is 4. The summed E-state index contributed by atoms with van der Waals surface area (Å²) in [5, 5.41) is 1.93. The Balaban J connectivity index is 1.41. The molecule has 6 rings (SSSR count). The lowest BCUT2D eigenvalue weighted by Gasteiger charge is -2.31. The summed E-state index contributed by atoms with van der Waals surface area (Å²) in [6.07, 6.45) is -0.906. The van der Waals surface area contributed by atoms with Crippen LogP contribution >= 0.6 is 0 Å². The van der Waals surface area contributed by atoms with E-state index in [4.69, 9.17) is 9.47 Å². The monoisotopic (exact) mass is 605 g/mol. The number of anilines is 1. The highest BCUT2D eigenvalue weighted by Crippen LogP contribution is 2.43. The molecular weight excluding hydrogens is 570 g/mol. The highest BCUT2D eigenvalue weighted by Gasteiger charge is 2.65. The van der Waals surface area contributed by atoms with Gasteiger partial charge in [-0.1, -0.05) is 91.0 Å². The van der Waals surface area contributed by atoms with Gasteiger partial charge in [0, 0.05) is 13.0 Å². The first-order valence-corrected chi connectivity index (χ1v) is 15.0. The number of nitrogens with zero attached hydrogens (tertiary/aromatic N) is 3. The number of imide groups is 1. The number of hydrogen-bond donors (Lipinski definition) is 0. The Kier molecular flexibility index (Phi) is 7.78. The predicted molar refractivity (Wildman–Crippen MR) is 169 cm³/mol. The summed E-state index contributed by atoms with van der Waals surface area (Å²) in [4.78, 5) is 60.1. The van der Waals surface area contributed by atoms with Gasteiger partial charge in [-0.05, 0) is 54.8 Å². The van der Waals surface area contributed by atoms with Gasteiger partial charge < -0.3 is 14.4 Å². The van der Waals surface area contributed by atoms with E-state index in [2.05, 4.69) is 0 Å². The van der Waals surface area contributed by atoms with E-state index < -0.39 is 41.2 Å². The normalized spacial score (nSPS) is 19.9. The number of amides is 4. The van der Waals surface area contributed by atoms with Gasteiger partial charge in [0.1, 0.15) is 23.8 Å². The van der Waals surface area contributed by atoms with Crippen LogP contribution in [0, 0.1) is 0 Å². The number of rotatable bonds is 6. The van der Waals surface area contributed by atoms with Gasteiger partial charge in [-0.25, -0.2) is 19.3 Å². The van der Waals surface area contributed by atoms with Crippen LogP contribution in [0.3, 0.4) is 0 Å². The van der Waals surface area contributed by atoms with Crippen LogP contribution in [-0.2, 0) is 32.2 Å². The molecule has 1 spiro atoms. The first kappa shape index (κ1) is 29.9. The predicted octanol–water partition coefficient (Wildman–Crippen LogP) is 6.30. The molecule has 2 heterocycles. The Morgan fingerprint density at radius 2 is 1.49 bits per heavy atom. The van der Waals surface area contributed by atoms with Gasteiger partial charge in [0.25, 0.3) is 5.91 Å². The molecule has 45 heavy (non-hydrogen) atoms. The molecule has 2 aliphatic heterocycles. The fourth-order valence-electron chi connectivity index (χ4n) is 6.15. The molecule has 2 saturated heterocycles. The molecule has 0 saturated carbocycles. The van der Waals surface area contributed by atoms with E-state index in [1.54, 1.807) is 51.1 Å². The zero-order valence-corrected chi connectivity index (χ0v) is 25.5. The molecule has 2 aliphatic rings. The van der Waals surface area contributed by atoms with Crippen LogP contribution in [0.2, 0.25) is 0 Å². The van der Waals surface area contributed by atoms with Crippen molar-refractivity contribution in [2.75, 3.05) is 11.4 Å². The minimum Gasteiger partial charge on any atom is -0.458 e. The molecular formula is C36H35N3O6. The average molecular weight is 606 g/mol. The van der Waals surface area contributed by atoms with Crippen molar-refractivity contribution >= 4 is 40.5 Å². The fourth-order valence-corrected chi connectivity index (χ4v) is 6.15. The van der Waals surface area contributed by atoms with Crippen LogP contribution in [0.15, 0.2) is 103 Å². The van der Waals surface area contributed by atoms with E-state index in [9.17, 15) is 19.2 Å². The first-order chi connectivity index (χ1) is 21.6. The van der Waals surface area contributed by atoms with Crippen LogP contribution in [0.4, 0.5) is 15.3 Å². The number of ether oxygens (including phenoxy) is 2. The lowest BCUT2D eigenvalue weighted by atomic mass is 9.92. The topological polar surface area (TPSA) is 96.5 Å². The standard InChI is InChI=1S/C36H35N3O6/c1-35(2,3)45-31(40)30-21-36(24-37(30)34(43)44-23-25-13-6-4-7-14-25)32(41)39(28-18-8-5-9-19-28)33(42)38(36)22-27-17-12-16-26-15-10-11-20-29(26)27/h4-20,30H,21-24H2,1-3H3/t30-,36-/m0/s1. The number of hydrogen-bond acceptors (Lipinski definition) is 6. The van der Waals surface area contributed by atoms with Crippen LogP contribution in [0.5, 0.6) is 0 Å². The van der Waals surface area contributed by atoms with Crippen molar-refractivity contribution in [1.82, 2.24) is 9.80 Å². The Labute approximate surface area is 261 Å². The number of esters is 1. The van der Waals surface area contributed by atoms with Gasteiger partial charge in [-0.15, -0.1) is 0 Å². The van der Waals surface area contributed by atoms with Gasteiger partial charge in [0.15, 0.2) is 0 Å². The van der Waals surface area contributed by atoms with E-state index in [0.29, 0.717) is 5.69 Å². The van der Waals surface area contributed by atoms with Gasteiger partial charge in [0.2, 0.25) is 0 Å². The van der Waals surface area contributed by atoms with Gasteiger partial charge in [0.05, 0.1) is 12.2 Å². The van der Waals surface area contributed by atoms with Crippen molar-refractivity contribution < 1.29 is 28.7 Å². The molecule has 4 aromatic rings. The third kappa shape index (κ3) is 5.73. The van der Waals surface area contributed by atoms with Crippen LogP contribution in [0.1, 0.15) is 38.3 Å². The molecule has 0 aromatic heterocycles. The number of fused-ring (bicyclic) bond motifs is 1. The summed E-state index contributed by atoms with van der Waals surface area (Å²) in [6, 6.07) is 29.8. The Morgan fingerprint density at radius 1 is 0.844 bits per heavy atom. The maximum Gasteiger partial charge on any atom is 0.410 e. The van der Waals surface area contributed by atoms with E-state index in [-0.39, 0.29) is 26.1 Å². The Hall–Kier alpha value is -5.18. The van der Waals surface area contributed by atoms with E-state index in [1.165, 1.54) is 9.80 Å². The largest absolute Gasteiger partial charge is 0.458 e. The molecule has 0 radical (unpaired) electrons. The Bertz CT molecular complexity index is 1750. The maximum absolute atomic E-state index is 14.5. The molecule has 4 aromatic carbocycles. The van der Waals surface area contributed by atoms with Crippen molar-refractivity contribution in [2.24, 2.45) is 0 Å². The van der Waals surface area contributed by atoms with E-state index in [0.717, 1.165) is 26.8 Å². The molecule has 2 fully saturated rings. The molecule has 0 N–H and O–H groups in total. The summed E-state index contributed by atoms with van der Waals surface area (Å²) in [7, 11) is 0. The SMILES string of the molecule is CC(C)(C)OC(=O)[C@@H]1C[C@]2(CN1C(=O)OCc1ccccc1)C(=O)N(c1ccccc1)C(=O)N2Cc1cccc2ccccc12. The lowest BCUT2D eigenvalue weighted by Crippen LogP contribution is -2.52. The number of para-hydroxylation sites is 1. The average Bonchev–Trinajstić information content (AvgIpc) is 3.53. The second-order valence-corrected chi connectivity index (χ2v) is 12.4. The maximum atomic E-state index is 14.5. The van der Waals surface area contributed by atoms with E-state index >= 15 is 0 Å². The molecule has 9 heteroatoms. The van der Waals surface area contributed by atoms with Crippen LogP contribution in [-0.4, -0.2) is 57.5 Å². The number of likely N-dealkylation sites (tertiary alicyclic amines) is 1. The molecule has 0 bridgehead atoms. The molecule has 4 amide bonds. The lowest BCUT2D eigenvalue weighted by molar-refractivity contribution is -0.159. The number of carbonyl (C=O) groups excluding carboxylic acids is 4. The van der Waals surface area contributed by atoms with Crippen molar-refractivity contribution in [3.63, 3.8) is 0 Å². The first-order valence-electron chi connectivity index (χ1n) is 15.0. The smallest absolute Gasteiger partial charge is 0.410 e. The van der Waals surface area contributed by atoms with Gasteiger partial charge in [-0.3, -0.25) is 9.69 Å². The molecule has 2 atom stereocenters. The zero-order chi connectivity index (χ0) is 31.8. The minimum atomic E-state index is -1.54. The quantitative estimate of drug-likeness (QED) is 0.189. The Morgan fingerprint density at radius 3 is 2.20 bits per heavy atom. The van der Waals surface area contributed by atoms with Crippen LogP contribution in [0.25, 0.3) is 10.8 Å². The summed E-state index contributed by atoms with van der Waals surface area (Å²) < 4.78 is 11.4. The molecule has 0 aliphatic carbocycles. The van der Waals surface area contributed by atoms with Crippen molar-refractivity contribution in [3.05, 3.63) is 114 Å². The molecule has 0 unspecified atom stereocenters. The number of urea groups is 1. The fraction of sp³-hybridized carbons (Fsp3) is 0.278. The molecule has 9 nitrogen and oxygen atoms in total. The summed E-state index contributed by atoms with van der Waals surface area (Å²) in [5.74, 6) is -1.18. The van der Waals surface area contributed by atoms with Gasteiger partial charge in [-0.2, -0.15) is 0 Å². The highest BCUT2D eigenvalue weighted by atomic mass is 16.6. The summed E-state index contributed by atoms with van der Waals surface area (Å²) >= 11 is 0. The summed E-state index contributed by atoms with van der Waals surface area (Å²) in [5.41, 5.74) is -0.375.